The first-order valence-electron chi connectivity index (χ1n) is 31.5. The molecule has 3 unspecified atom stereocenters. The number of aliphatic hydroxyl groups excluding tert-OH is 1. The number of phosphoric ester groups is 1. The topological polar surface area (TPSA) is 155 Å². The Morgan fingerprint density at radius 2 is 0.667 bits per heavy atom. The minimum absolute atomic E-state index is 0.148. The van der Waals surface area contributed by atoms with Crippen molar-refractivity contribution in [2.24, 2.45) is 0 Å². The molecule has 12 heteroatoms. The van der Waals surface area contributed by atoms with Crippen molar-refractivity contribution >= 4 is 25.7 Å². The molecule has 450 valence electrons. The molecule has 0 aromatic rings. The van der Waals surface area contributed by atoms with Crippen LogP contribution in [-0.2, 0) is 42.2 Å². The fraction of sp³-hybridized carbons (Fsp3) is 0.742. The van der Waals surface area contributed by atoms with E-state index in [4.69, 9.17) is 23.3 Å². The maximum atomic E-state index is 12.9. The number of carbonyl (C=O) groups is 3. The van der Waals surface area contributed by atoms with E-state index < -0.39 is 57.8 Å². The summed E-state index contributed by atoms with van der Waals surface area (Å²) in [6.45, 7) is 4.49. The lowest BCUT2D eigenvalue weighted by Crippen LogP contribution is -2.30. The van der Waals surface area contributed by atoms with E-state index >= 15 is 0 Å². The van der Waals surface area contributed by atoms with Crippen LogP contribution in [0.3, 0.4) is 0 Å². The van der Waals surface area contributed by atoms with Gasteiger partial charge in [-0.1, -0.05) is 228 Å². The highest BCUT2D eigenvalue weighted by Gasteiger charge is 2.28. The van der Waals surface area contributed by atoms with Gasteiger partial charge in [-0.05, 0) is 116 Å². The largest absolute Gasteiger partial charge is 0.472 e. The van der Waals surface area contributed by atoms with Gasteiger partial charge in [-0.3, -0.25) is 23.4 Å². The molecule has 0 amide bonds. The van der Waals surface area contributed by atoms with E-state index in [1.165, 1.54) is 77.0 Å². The zero-order valence-corrected chi connectivity index (χ0v) is 50.8. The van der Waals surface area contributed by atoms with E-state index in [1.807, 2.05) is 0 Å². The number of rotatable bonds is 58. The van der Waals surface area contributed by atoms with Crippen LogP contribution in [0.4, 0.5) is 0 Å². The number of unbranched alkanes of at least 4 members (excludes halogenated alkanes) is 27. The normalized spacial score (nSPS) is 13.9. The summed E-state index contributed by atoms with van der Waals surface area (Å²) >= 11 is 0. The Balaban J connectivity index is 4.76. The lowest BCUT2D eigenvalue weighted by Gasteiger charge is -2.21. The van der Waals surface area contributed by atoms with Crippen molar-refractivity contribution in [2.45, 2.75) is 290 Å². The van der Waals surface area contributed by atoms with Gasteiger partial charge in [0.1, 0.15) is 12.7 Å². The second kappa shape index (κ2) is 59.8. The van der Waals surface area contributed by atoms with Gasteiger partial charge in [-0.15, -0.1) is 0 Å². The number of aliphatic hydroxyl groups is 1. The van der Waals surface area contributed by atoms with Gasteiger partial charge >= 0.3 is 25.7 Å². The highest BCUT2D eigenvalue weighted by molar-refractivity contribution is 7.47. The average Bonchev–Trinajstić information content (AvgIpc) is 3.43. The molecular weight excluding hydrogens is 1000 g/mol. The highest BCUT2D eigenvalue weighted by Crippen LogP contribution is 2.43. The standard InChI is InChI=1S/C66H115O11P/c1-4-7-10-13-16-19-22-25-28-30-31-33-36-39-42-45-48-51-54-57-66(70)77-63(59-73-64(68)55-52-49-46-43-40-37-35-32-29-26-23-20-17-14-11-8-5-2)61-75-78(71,72)74-60-62(58-67)76-65(69)56-53-50-47-44-41-38-34-27-24-21-18-15-12-9-6-3/h8,11,16-17,19-20,25-29,31,33-34,62-63,67H,4-7,9-10,12-15,18,21-24,30,32,35-61H2,1-3H3,(H,71,72)/b11-8-,19-16-,20-17-,28-25-,29-26-,33-31-,34-27-. The lowest BCUT2D eigenvalue weighted by atomic mass is 10.1. The molecule has 0 rings (SSSR count). The first kappa shape index (κ1) is 74.7. The predicted octanol–water partition coefficient (Wildman–Crippen LogP) is 19.0. The van der Waals surface area contributed by atoms with Gasteiger partial charge in [0.25, 0.3) is 0 Å². The van der Waals surface area contributed by atoms with Crippen molar-refractivity contribution < 1.29 is 52.2 Å². The zero-order valence-electron chi connectivity index (χ0n) is 49.9. The first-order chi connectivity index (χ1) is 38.2. The van der Waals surface area contributed by atoms with Crippen LogP contribution in [0.15, 0.2) is 85.1 Å². The van der Waals surface area contributed by atoms with Gasteiger partial charge in [-0.25, -0.2) is 4.57 Å². The van der Waals surface area contributed by atoms with Gasteiger partial charge in [0, 0.05) is 19.3 Å². The molecule has 0 aromatic heterocycles. The molecule has 0 radical (unpaired) electrons. The summed E-state index contributed by atoms with van der Waals surface area (Å²) in [5.41, 5.74) is 0. The number of hydrogen-bond donors (Lipinski definition) is 2. The van der Waals surface area contributed by atoms with Crippen molar-refractivity contribution in [3.05, 3.63) is 85.1 Å². The van der Waals surface area contributed by atoms with E-state index in [-0.39, 0.29) is 25.9 Å². The molecule has 0 bridgehead atoms. The number of carbonyl (C=O) groups excluding carboxylic acids is 3. The van der Waals surface area contributed by atoms with Crippen LogP contribution in [0.5, 0.6) is 0 Å². The Hall–Kier alpha value is -3.34. The van der Waals surface area contributed by atoms with E-state index in [1.54, 1.807) is 0 Å². The summed E-state index contributed by atoms with van der Waals surface area (Å²) in [5.74, 6) is -1.49. The summed E-state index contributed by atoms with van der Waals surface area (Å²) in [6.07, 6.45) is 69.5. The Labute approximate surface area is 477 Å². The second-order valence-corrected chi connectivity index (χ2v) is 22.3. The van der Waals surface area contributed by atoms with Crippen LogP contribution in [-0.4, -0.2) is 66.5 Å². The summed E-state index contributed by atoms with van der Waals surface area (Å²) < 4.78 is 39.6. The average molecular weight is 1120 g/mol. The van der Waals surface area contributed by atoms with Crippen molar-refractivity contribution in [3.8, 4) is 0 Å². The van der Waals surface area contributed by atoms with Gasteiger partial charge in [0.05, 0.1) is 19.8 Å². The molecule has 2 N–H and O–H groups in total. The predicted molar refractivity (Wildman–Crippen MR) is 325 cm³/mol. The smallest absolute Gasteiger partial charge is 0.462 e. The Morgan fingerprint density at radius 1 is 0.372 bits per heavy atom. The molecule has 0 saturated heterocycles. The van der Waals surface area contributed by atoms with Crippen LogP contribution >= 0.6 is 7.82 Å². The third kappa shape index (κ3) is 57.3. The fourth-order valence-electron chi connectivity index (χ4n) is 8.49. The molecule has 0 aliphatic carbocycles. The van der Waals surface area contributed by atoms with Gasteiger partial charge < -0.3 is 24.2 Å². The second-order valence-electron chi connectivity index (χ2n) is 20.8. The molecule has 11 nitrogen and oxygen atoms in total. The maximum absolute atomic E-state index is 12.9. The van der Waals surface area contributed by atoms with Crippen molar-refractivity contribution in [2.75, 3.05) is 26.4 Å². The van der Waals surface area contributed by atoms with Crippen LogP contribution in [0.1, 0.15) is 278 Å². The molecule has 0 heterocycles. The molecule has 0 aliphatic rings. The van der Waals surface area contributed by atoms with Crippen molar-refractivity contribution in [3.63, 3.8) is 0 Å². The summed E-state index contributed by atoms with van der Waals surface area (Å²) in [5, 5.41) is 9.84. The van der Waals surface area contributed by atoms with Crippen molar-refractivity contribution in [1.29, 1.82) is 0 Å². The SMILES string of the molecule is CC/C=C\C/C=C\C/C=C\CCCCCCCCCC(=O)OCC(COP(=O)(O)OCC(CO)OC(=O)CCCCCCC/C=C\CCCCCCCC)OC(=O)CCCCCCCC/C=C\C/C=C\C/C=C\CCCCC. The monoisotopic (exact) mass is 1110 g/mol. The number of hydrogen-bond acceptors (Lipinski definition) is 10. The van der Waals surface area contributed by atoms with Gasteiger partial charge in [-0.2, -0.15) is 0 Å². The van der Waals surface area contributed by atoms with E-state index in [0.29, 0.717) is 19.3 Å². The Kier molecular flexibility index (Phi) is 57.2. The number of allylic oxidation sites excluding steroid dienone is 14. The lowest BCUT2D eigenvalue weighted by molar-refractivity contribution is -0.161. The van der Waals surface area contributed by atoms with Gasteiger partial charge in [0.15, 0.2) is 6.10 Å². The third-order valence-electron chi connectivity index (χ3n) is 13.3. The molecule has 0 aromatic carbocycles. The first-order valence-corrected chi connectivity index (χ1v) is 33.0. The number of ether oxygens (including phenoxy) is 3. The highest BCUT2D eigenvalue weighted by atomic mass is 31.2. The zero-order chi connectivity index (χ0) is 56.9. The summed E-state index contributed by atoms with van der Waals surface area (Å²) in [7, 11) is -4.76. The van der Waals surface area contributed by atoms with Crippen LogP contribution in [0, 0.1) is 0 Å². The maximum Gasteiger partial charge on any atom is 0.472 e. The molecular formula is C66H115O11P. The quantitative estimate of drug-likeness (QED) is 0.0197. The van der Waals surface area contributed by atoms with E-state index in [2.05, 4.69) is 106 Å². The Morgan fingerprint density at radius 3 is 1.06 bits per heavy atom. The molecule has 0 spiro atoms. The summed E-state index contributed by atoms with van der Waals surface area (Å²) in [4.78, 5) is 48.7. The minimum atomic E-state index is -4.76. The summed E-state index contributed by atoms with van der Waals surface area (Å²) in [6, 6.07) is 0. The van der Waals surface area contributed by atoms with E-state index in [0.717, 1.165) is 141 Å². The number of esters is 3. The van der Waals surface area contributed by atoms with Crippen LogP contribution < -0.4 is 0 Å². The fourth-order valence-corrected chi connectivity index (χ4v) is 9.27. The van der Waals surface area contributed by atoms with Gasteiger partial charge in [0.2, 0.25) is 0 Å². The molecule has 0 aliphatic heterocycles. The molecule has 3 atom stereocenters. The third-order valence-corrected chi connectivity index (χ3v) is 14.2. The van der Waals surface area contributed by atoms with Crippen molar-refractivity contribution in [1.82, 2.24) is 0 Å². The molecule has 0 saturated carbocycles. The molecule has 78 heavy (non-hydrogen) atoms. The molecule has 0 fully saturated rings. The Bertz CT molecular complexity index is 1630. The van der Waals surface area contributed by atoms with Crippen LogP contribution in [0.2, 0.25) is 0 Å². The van der Waals surface area contributed by atoms with E-state index in [9.17, 15) is 28.9 Å². The minimum Gasteiger partial charge on any atom is -0.462 e. The number of phosphoric acid groups is 1. The van der Waals surface area contributed by atoms with Crippen LogP contribution in [0.25, 0.3) is 0 Å².